The van der Waals surface area contributed by atoms with Crippen LogP contribution in [0.2, 0.25) is 5.02 Å². The van der Waals surface area contributed by atoms with Crippen LogP contribution in [0.3, 0.4) is 0 Å². The molecule has 1 heterocycles. The number of hydrogen-bond acceptors (Lipinski definition) is 6. The third kappa shape index (κ3) is 5.42. The van der Waals surface area contributed by atoms with Crippen LogP contribution >= 0.6 is 11.6 Å². The van der Waals surface area contributed by atoms with Crippen molar-refractivity contribution >= 4 is 40.7 Å². The number of esters is 1. The number of rotatable bonds is 7. The lowest BCUT2D eigenvalue weighted by Gasteiger charge is -2.23. The zero-order chi connectivity index (χ0) is 20.8. The Labute approximate surface area is 173 Å². The first kappa shape index (κ1) is 20.5. The van der Waals surface area contributed by atoms with Crippen molar-refractivity contribution in [1.82, 2.24) is 5.01 Å². The summed E-state index contributed by atoms with van der Waals surface area (Å²) in [4.78, 5) is 35.9. The van der Waals surface area contributed by atoms with E-state index < -0.39 is 5.97 Å². The van der Waals surface area contributed by atoms with Crippen molar-refractivity contribution in [3.05, 3.63) is 64.7 Å². The van der Waals surface area contributed by atoms with Crippen molar-refractivity contribution in [3.63, 3.8) is 0 Å². The van der Waals surface area contributed by atoms with Gasteiger partial charge in [-0.2, -0.15) is 5.10 Å². The van der Waals surface area contributed by atoms with Crippen molar-refractivity contribution in [2.24, 2.45) is 5.10 Å². The largest absolute Gasteiger partial charge is 0.465 e. The van der Waals surface area contributed by atoms with Crippen molar-refractivity contribution in [1.29, 1.82) is 0 Å². The number of carbonyl (C=O) groups is 3. The molecular weight excluding hydrogens is 394 g/mol. The van der Waals surface area contributed by atoms with Crippen molar-refractivity contribution in [2.75, 3.05) is 25.5 Å². The van der Waals surface area contributed by atoms with Gasteiger partial charge in [0.25, 0.3) is 0 Å². The average molecular weight is 414 g/mol. The second kappa shape index (κ2) is 9.34. The zero-order valence-electron chi connectivity index (χ0n) is 15.9. The number of amides is 1. The maximum absolute atomic E-state index is 12.3. The quantitative estimate of drug-likeness (QED) is 0.704. The summed E-state index contributed by atoms with van der Waals surface area (Å²) in [5, 5.41) is 9.18. The Bertz CT molecular complexity index is 939. The summed E-state index contributed by atoms with van der Waals surface area (Å²) < 4.78 is 4.65. The van der Waals surface area contributed by atoms with Gasteiger partial charge in [0.2, 0.25) is 5.91 Å². The molecule has 0 fully saturated rings. The molecule has 0 radical (unpaired) electrons. The maximum Gasteiger partial charge on any atom is 0.337 e. The molecule has 0 aliphatic carbocycles. The van der Waals surface area contributed by atoms with Crippen molar-refractivity contribution in [3.8, 4) is 0 Å². The fraction of sp³-hybridized carbons (Fsp3) is 0.238. The molecule has 150 valence electrons. The van der Waals surface area contributed by atoms with E-state index in [1.807, 2.05) is 12.1 Å². The van der Waals surface area contributed by atoms with Gasteiger partial charge in [0.05, 0.1) is 24.9 Å². The second-order valence-electron chi connectivity index (χ2n) is 6.47. The molecule has 8 heteroatoms. The Balaban J connectivity index is 1.58. The molecule has 0 bridgehead atoms. The highest BCUT2D eigenvalue weighted by Gasteiger charge is 2.23. The standard InChI is InChI=1S/C21H20ClN3O4/c1-29-21(28)15-4-8-17(9-5-15)23-12-18(26)13-25-20(27)11-10-19(24-25)14-2-6-16(22)7-3-14/h2-9,23H,10-13H2,1H3. The van der Waals surface area contributed by atoms with Gasteiger partial charge in [-0.1, -0.05) is 23.7 Å². The van der Waals surface area contributed by atoms with Gasteiger partial charge in [0.1, 0.15) is 6.54 Å². The van der Waals surface area contributed by atoms with Crippen LogP contribution in [0, 0.1) is 0 Å². The molecule has 2 aromatic carbocycles. The Morgan fingerprint density at radius 1 is 1.10 bits per heavy atom. The van der Waals surface area contributed by atoms with E-state index in [1.54, 1.807) is 36.4 Å². The summed E-state index contributed by atoms with van der Waals surface area (Å²) in [5.74, 6) is -0.791. The summed E-state index contributed by atoms with van der Waals surface area (Å²) in [6, 6.07) is 13.8. The lowest BCUT2D eigenvalue weighted by atomic mass is 10.0. The number of anilines is 1. The number of hydrazone groups is 1. The summed E-state index contributed by atoms with van der Waals surface area (Å²) in [6.07, 6.45) is 0.826. The summed E-state index contributed by atoms with van der Waals surface area (Å²) in [5.41, 5.74) is 2.73. The lowest BCUT2D eigenvalue weighted by Crippen LogP contribution is -2.37. The molecule has 2 aromatic rings. The molecule has 1 aliphatic heterocycles. The topological polar surface area (TPSA) is 88.1 Å². The van der Waals surface area contributed by atoms with Crippen LogP contribution in [0.1, 0.15) is 28.8 Å². The fourth-order valence-corrected chi connectivity index (χ4v) is 2.97. The van der Waals surface area contributed by atoms with Crippen LogP contribution < -0.4 is 5.32 Å². The fourth-order valence-electron chi connectivity index (χ4n) is 2.84. The van der Waals surface area contributed by atoms with E-state index in [0.717, 1.165) is 11.3 Å². The number of ketones is 1. The minimum absolute atomic E-state index is 0.0349. The van der Waals surface area contributed by atoms with E-state index >= 15 is 0 Å². The van der Waals surface area contributed by atoms with E-state index in [2.05, 4.69) is 15.2 Å². The van der Waals surface area contributed by atoms with Crippen molar-refractivity contribution in [2.45, 2.75) is 12.8 Å². The van der Waals surface area contributed by atoms with Gasteiger partial charge in [-0.05, 0) is 42.0 Å². The molecule has 0 saturated heterocycles. The van der Waals surface area contributed by atoms with Crippen LogP contribution in [0.15, 0.2) is 53.6 Å². The number of ether oxygens (including phenoxy) is 1. The predicted octanol–water partition coefficient (Wildman–Crippen LogP) is 3.13. The van der Waals surface area contributed by atoms with Gasteiger partial charge < -0.3 is 10.1 Å². The number of halogens is 1. The van der Waals surface area contributed by atoms with Crippen molar-refractivity contribution < 1.29 is 19.1 Å². The molecule has 1 aliphatic rings. The molecule has 3 rings (SSSR count). The number of hydrogen-bond donors (Lipinski definition) is 1. The highest BCUT2D eigenvalue weighted by Crippen LogP contribution is 2.17. The van der Waals surface area contributed by atoms with Crippen LogP contribution in [0.5, 0.6) is 0 Å². The number of nitrogens with zero attached hydrogens (tertiary/aromatic N) is 2. The smallest absolute Gasteiger partial charge is 0.337 e. The van der Waals surface area contributed by atoms with E-state index in [9.17, 15) is 14.4 Å². The normalized spacial score (nSPS) is 13.7. The number of Topliss-reactive ketones (excluding diaryl/α,β-unsaturated/α-hetero) is 1. The highest BCUT2D eigenvalue weighted by atomic mass is 35.5. The minimum Gasteiger partial charge on any atom is -0.465 e. The Kier molecular flexibility index (Phi) is 6.61. The molecule has 0 aromatic heterocycles. The van der Waals surface area contributed by atoms with Gasteiger partial charge in [0, 0.05) is 23.6 Å². The number of benzene rings is 2. The first-order valence-electron chi connectivity index (χ1n) is 9.04. The highest BCUT2D eigenvalue weighted by molar-refractivity contribution is 6.30. The molecule has 0 atom stereocenters. The summed E-state index contributed by atoms with van der Waals surface area (Å²) in [7, 11) is 1.32. The average Bonchev–Trinajstić information content (AvgIpc) is 2.74. The predicted molar refractivity (Wildman–Crippen MR) is 110 cm³/mol. The molecule has 1 amide bonds. The number of nitrogens with one attached hydrogen (secondary N) is 1. The van der Waals surface area contributed by atoms with Gasteiger partial charge in [-0.25, -0.2) is 9.80 Å². The number of carbonyl (C=O) groups excluding carboxylic acids is 3. The minimum atomic E-state index is -0.425. The van der Waals surface area contributed by atoms with Gasteiger partial charge in [0.15, 0.2) is 5.78 Å². The van der Waals surface area contributed by atoms with Crippen LogP contribution in [0.4, 0.5) is 5.69 Å². The van der Waals surface area contributed by atoms with Gasteiger partial charge >= 0.3 is 5.97 Å². The third-order valence-corrected chi connectivity index (χ3v) is 4.66. The molecule has 1 N–H and O–H groups in total. The summed E-state index contributed by atoms with van der Waals surface area (Å²) in [6.45, 7) is -0.0731. The summed E-state index contributed by atoms with van der Waals surface area (Å²) >= 11 is 5.91. The van der Waals surface area contributed by atoms with E-state index in [4.69, 9.17) is 11.6 Å². The van der Waals surface area contributed by atoms with Crippen LogP contribution in [0.25, 0.3) is 0 Å². The molecule has 0 saturated carbocycles. The van der Waals surface area contributed by atoms with Crippen LogP contribution in [-0.2, 0) is 14.3 Å². The van der Waals surface area contributed by atoms with Gasteiger partial charge in [-0.3, -0.25) is 9.59 Å². The SMILES string of the molecule is COC(=O)c1ccc(NCC(=O)CN2N=C(c3ccc(Cl)cc3)CCC2=O)cc1. The lowest BCUT2D eigenvalue weighted by molar-refractivity contribution is -0.135. The Morgan fingerprint density at radius 2 is 1.79 bits per heavy atom. The van der Waals surface area contributed by atoms with E-state index in [-0.39, 0.29) is 24.8 Å². The molecule has 29 heavy (non-hydrogen) atoms. The third-order valence-electron chi connectivity index (χ3n) is 4.40. The first-order valence-corrected chi connectivity index (χ1v) is 9.42. The molecule has 7 nitrogen and oxygen atoms in total. The van der Waals surface area contributed by atoms with Gasteiger partial charge in [-0.15, -0.1) is 0 Å². The molecular formula is C21H20ClN3O4. The maximum atomic E-state index is 12.3. The monoisotopic (exact) mass is 413 g/mol. The zero-order valence-corrected chi connectivity index (χ0v) is 16.6. The Morgan fingerprint density at radius 3 is 2.45 bits per heavy atom. The van der Waals surface area contributed by atoms with Crippen LogP contribution in [-0.4, -0.2) is 48.6 Å². The van der Waals surface area contributed by atoms with E-state index in [0.29, 0.717) is 29.1 Å². The molecule has 0 spiro atoms. The number of methoxy groups -OCH3 is 1. The van der Waals surface area contributed by atoms with E-state index in [1.165, 1.54) is 12.1 Å². The second-order valence-corrected chi connectivity index (χ2v) is 6.90. The Hall–Kier alpha value is -3.19. The molecule has 0 unspecified atom stereocenters. The first-order chi connectivity index (χ1) is 14.0.